The Morgan fingerprint density at radius 2 is 1.76 bits per heavy atom. The number of benzene rings is 2. The van der Waals surface area contributed by atoms with Crippen LogP contribution in [-0.4, -0.2) is 41.3 Å². The third-order valence-corrected chi connectivity index (χ3v) is 7.92. The van der Waals surface area contributed by atoms with E-state index in [0.29, 0.717) is 31.4 Å². The highest BCUT2D eigenvalue weighted by atomic mass is 32.2. The van der Waals surface area contributed by atoms with Crippen LogP contribution >= 0.6 is 0 Å². The highest BCUT2D eigenvalue weighted by Crippen LogP contribution is 2.26. The van der Waals surface area contributed by atoms with Gasteiger partial charge in [0.05, 0.1) is 15.9 Å². The van der Waals surface area contributed by atoms with Crippen molar-refractivity contribution in [3.63, 3.8) is 0 Å². The molecule has 4 rings (SSSR count). The summed E-state index contributed by atoms with van der Waals surface area (Å²) in [6.07, 6.45) is 3.52. The largest absolute Gasteiger partial charge is 0.328 e. The first-order valence-corrected chi connectivity index (χ1v) is 13.1. The SMILES string of the molecule is CCCn1c(CCC(=O)Nc2cc(C)cc(C)c2)nc2cc(S(=O)(=O)N3CCCC3)ccc21. The lowest BCUT2D eigenvalue weighted by Crippen LogP contribution is -2.27. The van der Waals surface area contributed by atoms with E-state index in [1.54, 1.807) is 16.4 Å². The highest BCUT2D eigenvalue weighted by Gasteiger charge is 2.27. The minimum Gasteiger partial charge on any atom is -0.328 e. The molecule has 0 bridgehead atoms. The van der Waals surface area contributed by atoms with Crippen LogP contribution in [0.3, 0.4) is 0 Å². The number of fused-ring (bicyclic) bond motifs is 1. The van der Waals surface area contributed by atoms with Crippen LogP contribution in [0.25, 0.3) is 11.0 Å². The number of rotatable bonds is 8. The minimum absolute atomic E-state index is 0.0626. The second-order valence-corrected chi connectivity index (χ2v) is 10.8. The predicted octanol–water partition coefficient (Wildman–Crippen LogP) is 4.42. The Balaban J connectivity index is 1.55. The van der Waals surface area contributed by atoms with E-state index < -0.39 is 10.0 Å². The van der Waals surface area contributed by atoms with Crippen LogP contribution in [0, 0.1) is 13.8 Å². The molecule has 1 amide bonds. The lowest BCUT2D eigenvalue weighted by Gasteiger charge is -2.15. The number of carbonyl (C=O) groups excluding carboxylic acids is 1. The van der Waals surface area contributed by atoms with E-state index in [9.17, 15) is 13.2 Å². The zero-order valence-corrected chi connectivity index (χ0v) is 20.4. The summed E-state index contributed by atoms with van der Waals surface area (Å²) < 4.78 is 29.6. The van der Waals surface area contributed by atoms with Gasteiger partial charge in [0.25, 0.3) is 0 Å². The molecule has 1 saturated heterocycles. The standard InChI is InChI=1S/C25H32N4O3S/c1-4-11-29-23-8-7-21(33(31,32)28-12-5-6-13-28)17-22(23)27-24(29)9-10-25(30)26-20-15-18(2)14-19(3)16-20/h7-8,14-17H,4-6,9-13H2,1-3H3,(H,26,30). The summed E-state index contributed by atoms with van der Waals surface area (Å²) in [5.41, 5.74) is 4.58. The van der Waals surface area contributed by atoms with Crippen LogP contribution < -0.4 is 5.32 Å². The summed E-state index contributed by atoms with van der Waals surface area (Å²) in [5.74, 6) is 0.741. The quantitative estimate of drug-likeness (QED) is 0.530. The summed E-state index contributed by atoms with van der Waals surface area (Å²) in [5, 5.41) is 2.98. The normalized spacial score (nSPS) is 14.8. The fourth-order valence-corrected chi connectivity index (χ4v) is 6.09. The third-order valence-electron chi connectivity index (χ3n) is 6.03. The molecule has 1 aliphatic heterocycles. The fourth-order valence-electron chi connectivity index (χ4n) is 4.56. The van der Waals surface area contributed by atoms with Crippen molar-refractivity contribution in [2.75, 3.05) is 18.4 Å². The lowest BCUT2D eigenvalue weighted by atomic mass is 10.1. The van der Waals surface area contributed by atoms with Crippen molar-refractivity contribution in [1.29, 1.82) is 0 Å². The molecule has 1 N–H and O–H groups in total. The lowest BCUT2D eigenvalue weighted by molar-refractivity contribution is -0.116. The molecule has 7 nitrogen and oxygen atoms in total. The maximum absolute atomic E-state index is 13.0. The van der Waals surface area contributed by atoms with Crippen molar-refractivity contribution in [3.05, 3.63) is 53.3 Å². The van der Waals surface area contributed by atoms with Gasteiger partial charge in [0.15, 0.2) is 0 Å². The Morgan fingerprint density at radius 3 is 2.42 bits per heavy atom. The van der Waals surface area contributed by atoms with E-state index >= 15 is 0 Å². The Kier molecular flexibility index (Phi) is 6.86. The van der Waals surface area contributed by atoms with Gasteiger partial charge in [-0.2, -0.15) is 4.31 Å². The summed E-state index contributed by atoms with van der Waals surface area (Å²) >= 11 is 0. The number of amides is 1. The number of nitrogens with one attached hydrogen (secondary N) is 1. The first-order chi connectivity index (χ1) is 15.8. The van der Waals surface area contributed by atoms with E-state index in [0.717, 1.165) is 54.0 Å². The van der Waals surface area contributed by atoms with Gasteiger partial charge >= 0.3 is 0 Å². The molecule has 1 fully saturated rings. The summed E-state index contributed by atoms with van der Waals surface area (Å²) in [6, 6.07) is 11.2. The molecule has 2 aromatic carbocycles. The zero-order chi connectivity index (χ0) is 23.6. The second-order valence-electron chi connectivity index (χ2n) is 8.87. The molecule has 0 unspecified atom stereocenters. The molecule has 0 atom stereocenters. The van der Waals surface area contributed by atoms with E-state index in [1.165, 1.54) is 0 Å². The number of aryl methyl sites for hydroxylation is 4. The Bertz CT molecular complexity index is 1250. The maximum atomic E-state index is 13.0. The topological polar surface area (TPSA) is 84.3 Å². The van der Waals surface area contributed by atoms with Gasteiger partial charge < -0.3 is 9.88 Å². The van der Waals surface area contributed by atoms with Crippen LogP contribution in [0.4, 0.5) is 5.69 Å². The molecule has 3 aromatic rings. The van der Waals surface area contributed by atoms with E-state index in [4.69, 9.17) is 4.98 Å². The summed E-state index contributed by atoms with van der Waals surface area (Å²) in [6.45, 7) is 8.02. The van der Waals surface area contributed by atoms with Gasteiger partial charge in [-0.1, -0.05) is 13.0 Å². The number of carbonyl (C=O) groups is 1. The molecule has 176 valence electrons. The number of hydrogen-bond acceptors (Lipinski definition) is 4. The molecule has 0 radical (unpaired) electrons. The molecular formula is C25H32N4O3S. The average Bonchev–Trinajstić information content (AvgIpc) is 3.40. The third kappa shape index (κ3) is 5.12. The van der Waals surface area contributed by atoms with E-state index in [2.05, 4.69) is 22.9 Å². The molecule has 33 heavy (non-hydrogen) atoms. The molecule has 0 saturated carbocycles. The smallest absolute Gasteiger partial charge is 0.243 e. The summed E-state index contributed by atoms with van der Waals surface area (Å²) in [4.78, 5) is 17.6. The van der Waals surface area contributed by atoms with Gasteiger partial charge in [-0.05, 0) is 74.6 Å². The number of anilines is 1. The minimum atomic E-state index is -3.49. The van der Waals surface area contributed by atoms with Crippen molar-refractivity contribution in [3.8, 4) is 0 Å². The Hall–Kier alpha value is -2.71. The molecule has 1 aliphatic rings. The van der Waals surface area contributed by atoms with Crippen LogP contribution in [0.2, 0.25) is 0 Å². The summed E-state index contributed by atoms with van der Waals surface area (Å²) in [7, 11) is -3.49. The predicted molar refractivity (Wildman–Crippen MR) is 131 cm³/mol. The highest BCUT2D eigenvalue weighted by molar-refractivity contribution is 7.89. The monoisotopic (exact) mass is 468 g/mol. The number of hydrogen-bond donors (Lipinski definition) is 1. The zero-order valence-electron chi connectivity index (χ0n) is 19.6. The second kappa shape index (κ2) is 9.65. The van der Waals surface area contributed by atoms with Crippen molar-refractivity contribution in [2.45, 2.75) is 64.3 Å². The van der Waals surface area contributed by atoms with Crippen molar-refractivity contribution in [1.82, 2.24) is 13.9 Å². The first kappa shape index (κ1) is 23.4. The maximum Gasteiger partial charge on any atom is 0.243 e. The fraction of sp³-hybridized carbons (Fsp3) is 0.440. The van der Waals surface area contributed by atoms with Crippen molar-refractivity contribution < 1.29 is 13.2 Å². The van der Waals surface area contributed by atoms with Crippen LogP contribution in [-0.2, 0) is 27.8 Å². The molecule has 1 aromatic heterocycles. The van der Waals surface area contributed by atoms with E-state index in [-0.39, 0.29) is 10.8 Å². The van der Waals surface area contributed by atoms with Gasteiger partial charge in [-0.3, -0.25) is 4.79 Å². The van der Waals surface area contributed by atoms with Crippen LogP contribution in [0.5, 0.6) is 0 Å². The van der Waals surface area contributed by atoms with Gasteiger partial charge in [0, 0.05) is 38.2 Å². The van der Waals surface area contributed by atoms with Crippen molar-refractivity contribution in [2.24, 2.45) is 0 Å². The van der Waals surface area contributed by atoms with E-state index in [1.807, 2.05) is 32.0 Å². The number of nitrogens with zero attached hydrogens (tertiary/aromatic N) is 3. The molecule has 0 spiro atoms. The number of sulfonamides is 1. The number of aromatic nitrogens is 2. The molecular weight excluding hydrogens is 436 g/mol. The van der Waals surface area contributed by atoms with Crippen LogP contribution in [0.1, 0.15) is 49.6 Å². The Morgan fingerprint density at radius 1 is 1.06 bits per heavy atom. The molecule has 0 aliphatic carbocycles. The van der Waals surface area contributed by atoms with Gasteiger partial charge in [0.1, 0.15) is 5.82 Å². The van der Waals surface area contributed by atoms with Crippen LogP contribution in [0.15, 0.2) is 41.3 Å². The van der Waals surface area contributed by atoms with Crippen molar-refractivity contribution >= 4 is 32.7 Å². The molecule has 2 heterocycles. The van der Waals surface area contributed by atoms with Gasteiger partial charge in [-0.25, -0.2) is 13.4 Å². The Labute approximate surface area is 195 Å². The number of imidazole rings is 1. The molecule has 8 heteroatoms. The van der Waals surface area contributed by atoms with Gasteiger partial charge in [0.2, 0.25) is 15.9 Å². The average molecular weight is 469 g/mol. The first-order valence-electron chi connectivity index (χ1n) is 11.7. The van der Waals surface area contributed by atoms with Gasteiger partial charge in [-0.15, -0.1) is 0 Å².